The Kier molecular flexibility index (Phi) is 3.54. The van der Waals surface area contributed by atoms with Crippen molar-refractivity contribution >= 4 is 39.4 Å². The number of nitrogen functional groups attached to an aromatic ring is 1. The van der Waals surface area contributed by atoms with E-state index in [1.54, 1.807) is 0 Å². The van der Waals surface area contributed by atoms with E-state index in [1.165, 1.54) is 6.33 Å². The largest absolute Gasteiger partial charge is 0.394 e. The van der Waals surface area contributed by atoms with Gasteiger partial charge in [0.1, 0.15) is 36.1 Å². The standard InChI is InChI=1S/C14H17IN4O4/c1-14(2)22-9-7(4-20)21-13(10(9)23-14)19-3-6(15)8-11(16)17-5-18-12(8)19/h3,5,7,9-10,13,20H,4H2,1-2H3,(H2,16,17,18)/t7-,9?,10?,13-/m1/s1. The molecule has 9 heteroatoms. The molecular formula is C14H17IN4O4. The summed E-state index contributed by atoms with van der Waals surface area (Å²) in [5.74, 6) is -0.287. The predicted octanol–water partition coefficient (Wildman–Crippen LogP) is 1.03. The molecule has 23 heavy (non-hydrogen) atoms. The van der Waals surface area contributed by atoms with Crippen LogP contribution in [0.1, 0.15) is 20.1 Å². The van der Waals surface area contributed by atoms with Gasteiger partial charge in [0.2, 0.25) is 0 Å². The van der Waals surface area contributed by atoms with Crippen molar-refractivity contribution in [2.75, 3.05) is 12.3 Å². The van der Waals surface area contributed by atoms with Gasteiger partial charge in [-0.3, -0.25) is 0 Å². The van der Waals surface area contributed by atoms with Crippen LogP contribution in [0.25, 0.3) is 11.0 Å². The van der Waals surface area contributed by atoms with Crippen LogP contribution >= 0.6 is 22.6 Å². The maximum Gasteiger partial charge on any atom is 0.164 e. The molecule has 0 aliphatic carbocycles. The fourth-order valence-corrected chi connectivity index (χ4v) is 4.10. The summed E-state index contributed by atoms with van der Waals surface area (Å²) in [6.45, 7) is 3.58. The summed E-state index contributed by atoms with van der Waals surface area (Å²) in [4.78, 5) is 8.38. The number of anilines is 1. The van der Waals surface area contributed by atoms with Crippen LogP contribution in [0.2, 0.25) is 0 Å². The Balaban J connectivity index is 1.81. The molecule has 0 amide bonds. The van der Waals surface area contributed by atoms with E-state index in [1.807, 2.05) is 24.6 Å². The van der Waals surface area contributed by atoms with Crippen molar-refractivity contribution in [3.05, 3.63) is 16.1 Å². The van der Waals surface area contributed by atoms with Crippen molar-refractivity contribution in [1.29, 1.82) is 0 Å². The van der Waals surface area contributed by atoms with Gasteiger partial charge in [-0.05, 0) is 36.4 Å². The number of aliphatic hydroxyl groups is 1. The highest BCUT2D eigenvalue weighted by Crippen LogP contribution is 2.44. The molecule has 4 heterocycles. The van der Waals surface area contributed by atoms with Crippen LogP contribution in [0.5, 0.6) is 0 Å². The lowest BCUT2D eigenvalue weighted by Crippen LogP contribution is -2.31. The summed E-state index contributed by atoms with van der Waals surface area (Å²) in [6.07, 6.45) is 1.79. The maximum atomic E-state index is 9.59. The van der Waals surface area contributed by atoms with Gasteiger partial charge in [-0.2, -0.15) is 0 Å². The van der Waals surface area contributed by atoms with Crippen molar-refractivity contribution in [3.63, 3.8) is 0 Å². The second kappa shape index (κ2) is 5.24. The van der Waals surface area contributed by atoms with Gasteiger partial charge in [-0.25, -0.2) is 9.97 Å². The third kappa shape index (κ3) is 2.33. The van der Waals surface area contributed by atoms with Crippen molar-refractivity contribution in [1.82, 2.24) is 14.5 Å². The molecule has 2 aliphatic heterocycles. The van der Waals surface area contributed by atoms with Crippen molar-refractivity contribution < 1.29 is 19.3 Å². The average Bonchev–Trinajstić information content (AvgIpc) is 3.08. The molecule has 8 nitrogen and oxygen atoms in total. The zero-order valence-corrected chi connectivity index (χ0v) is 14.8. The number of nitrogens with two attached hydrogens (primary N) is 1. The lowest BCUT2D eigenvalue weighted by Gasteiger charge is -2.24. The fraction of sp³-hybridized carbons (Fsp3) is 0.571. The zero-order chi connectivity index (χ0) is 16.4. The molecule has 2 fully saturated rings. The first-order valence-corrected chi connectivity index (χ1v) is 8.37. The normalized spacial score (nSPS) is 32.5. The van der Waals surface area contributed by atoms with E-state index in [9.17, 15) is 5.11 Å². The van der Waals surface area contributed by atoms with Gasteiger partial charge in [0.05, 0.1) is 12.0 Å². The topological polar surface area (TPSA) is 105 Å². The number of ether oxygens (including phenoxy) is 3. The van der Waals surface area contributed by atoms with Crippen LogP contribution < -0.4 is 5.73 Å². The molecule has 2 aromatic rings. The number of aliphatic hydroxyl groups excluding tert-OH is 1. The molecule has 2 aromatic heterocycles. The van der Waals surface area contributed by atoms with Gasteiger partial charge < -0.3 is 29.6 Å². The van der Waals surface area contributed by atoms with E-state index >= 15 is 0 Å². The predicted molar refractivity (Wildman–Crippen MR) is 89.5 cm³/mol. The summed E-state index contributed by atoms with van der Waals surface area (Å²) < 4.78 is 20.7. The number of hydrogen-bond acceptors (Lipinski definition) is 7. The van der Waals surface area contributed by atoms with Crippen LogP contribution in [0.4, 0.5) is 5.82 Å². The molecule has 0 spiro atoms. The van der Waals surface area contributed by atoms with Crippen molar-refractivity contribution in [2.45, 2.75) is 44.2 Å². The molecule has 124 valence electrons. The Morgan fingerprint density at radius 3 is 2.83 bits per heavy atom. The van der Waals surface area contributed by atoms with Crippen LogP contribution in [-0.4, -0.2) is 50.3 Å². The third-order valence-corrected chi connectivity index (χ3v) is 4.99. The van der Waals surface area contributed by atoms with E-state index in [2.05, 4.69) is 32.6 Å². The number of fused-ring (bicyclic) bond motifs is 2. The molecular weight excluding hydrogens is 415 g/mol. The van der Waals surface area contributed by atoms with E-state index in [-0.39, 0.29) is 18.8 Å². The fourth-order valence-electron chi connectivity index (χ4n) is 3.29. The Morgan fingerprint density at radius 2 is 2.09 bits per heavy atom. The van der Waals surface area contributed by atoms with Gasteiger partial charge in [-0.15, -0.1) is 0 Å². The molecule has 3 N–H and O–H groups in total. The quantitative estimate of drug-likeness (QED) is 0.684. The molecule has 2 aliphatic rings. The van der Waals surface area contributed by atoms with Gasteiger partial charge in [0, 0.05) is 9.77 Å². The van der Waals surface area contributed by atoms with Gasteiger partial charge in [0.25, 0.3) is 0 Å². The van der Waals surface area contributed by atoms with E-state index in [0.717, 1.165) is 8.96 Å². The SMILES string of the molecule is CC1(C)OC2C(O1)[C@@H](CO)O[C@H]2n1cc(I)c2c(N)ncnc21. The van der Waals surface area contributed by atoms with Gasteiger partial charge in [-0.1, -0.05) is 0 Å². The summed E-state index contributed by atoms with van der Waals surface area (Å²) >= 11 is 2.19. The Hall–Kier alpha value is -1.01. The molecule has 2 saturated heterocycles. The van der Waals surface area contributed by atoms with E-state index in [0.29, 0.717) is 11.5 Å². The Morgan fingerprint density at radius 1 is 1.35 bits per heavy atom. The monoisotopic (exact) mass is 432 g/mol. The van der Waals surface area contributed by atoms with Gasteiger partial charge in [0.15, 0.2) is 12.0 Å². The number of rotatable bonds is 2. The van der Waals surface area contributed by atoms with Crippen LogP contribution in [0.3, 0.4) is 0 Å². The highest BCUT2D eigenvalue weighted by atomic mass is 127. The van der Waals surface area contributed by atoms with Gasteiger partial charge >= 0.3 is 0 Å². The molecule has 0 bridgehead atoms. The maximum absolute atomic E-state index is 9.59. The first-order valence-electron chi connectivity index (χ1n) is 7.30. The number of aromatic nitrogens is 3. The Labute approximate surface area is 146 Å². The van der Waals surface area contributed by atoms with Crippen LogP contribution in [0.15, 0.2) is 12.5 Å². The van der Waals surface area contributed by atoms with Crippen molar-refractivity contribution in [2.24, 2.45) is 0 Å². The van der Waals surface area contributed by atoms with Crippen LogP contribution in [0, 0.1) is 3.57 Å². The van der Waals surface area contributed by atoms with E-state index < -0.39 is 18.1 Å². The summed E-state index contributed by atoms with van der Waals surface area (Å²) in [6, 6.07) is 0. The lowest BCUT2D eigenvalue weighted by molar-refractivity contribution is -0.199. The highest BCUT2D eigenvalue weighted by molar-refractivity contribution is 14.1. The molecule has 2 unspecified atom stereocenters. The third-order valence-electron chi connectivity index (χ3n) is 4.17. The molecule has 0 saturated carbocycles. The first kappa shape index (κ1) is 15.5. The average molecular weight is 432 g/mol. The number of nitrogens with zero attached hydrogens (tertiary/aromatic N) is 3. The lowest BCUT2D eigenvalue weighted by atomic mass is 10.1. The van der Waals surface area contributed by atoms with E-state index in [4.69, 9.17) is 19.9 Å². The molecule has 4 rings (SSSR count). The number of halogens is 1. The Bertz CT molecular complexity index is 765. The minimum atomic E-state index is -0.713. The summed E-state index contributed by atoms with van der Waals surface area (Å²) in [5.41, 5.74) is 6.64. The highest BCUT2D eigenvalue weighted by Gasteiger charge is 2.55. The molecule has 4 atom stereocenters. The van der Waals surface area contributed by atoms with Crippen molar-refractivity contribution in [3.8, 4) is 0 Å². The molecule has 0 radical (unpaired) electrons. The molecule has 0 aromatic carbocycles. The summed E-state index contributed by atoms with van der Waals surface area (Å²) in [5, 5.41) is 10.4. The second-order valence-electron chi connectivity index (χ2n) is 6.15. The zero-order valence-electron chi connectivity index (χ0n) is 12.6. The minimum Gasteiger partial charge on any atom is -0.394 e. The smallest absolute Gasteiger partial charge is 0.164 e. The van der Waals surface area contributed by atoms with Crippen LogP contribution in [-0.2, 0) is 14.2 Å². The number of hydrogen-bond donors (Lipinski definition) is 2. The minimum absolute atomic E-state index is 0.134. The second-order valence-corrected chi connectivity index (χ2v) is 7.32. The first-order chi connectivity index (χ1) is 10.9. The summed E-state index contributed by atoms with van der Waals surface area (Å²) in [7, 11) is 0.